The van der Waals surface area contributed by atoms with Gasteiger partial charge in [-0.1, -0.05) is 61.8 Å². The summed E-state index contributed by atoms with van der Waals surface area (Å²) in [6, 6.07) is 16.0. The van der Waals surface area contributed by atoms with Gasteiger partial charge in [0.25, 0.3) is 0 Å². The van der Waals surface area contributed by atoms with Crippen LogP contribution in [0.25, 0.3) is 0 Å². The van der Waals surface area contributed by atoms with E-state index in [9.17, 15) is 4.79 Å². The average molecular weight is 485 g/mol. The van der Waals surface area contributed by atoms with Crippen LogP contribution in [0.4, 0.5) is 4.79 Å². The fourth-order valence-corrected chi connectivity index (χ4v) is 4.95. The summed E-state index contributed by atoms with van der Waals surface area (Å²) in [5.41, 5.74) is 2.14. The van der Waals surface area contributed by atoms with E-state index in [1.54, 1.807) is 11.8 Å². The Morgan fingerprint density at radius 2 is 1.97 bits per heavy atom. The molecule has 6 nitrogen and oxygen atoms in total. The highest BCUT2D eigenvalue weighted by Crippen LogP contribution is 2.40. The minimum atomic E-state index is -0.0971. The molecule has 174 valence electrons. The monoisotopic (exact) mass is 484 g/mol. The molecule has 1 fully saturated rings. The zero-order valence-corrected chi connectivity index (χ0v) is 20.7. The van der Waals surface area contributed by atoms with Gasteiger partial charge in [0.2, 0.25) is 5.89 Å². The smallest absolute Gasteiger partial charge is 0.317 e. The minimum Gasteiger partial charge on any atom is -0.339 e. The molecule has 0 radical (unpaired) electrons. The van der Waals surface area contributed by atoms with Gasteiger partial charge in [-0.2, -0.15) is 4.98 Å². The number of halogens is 1. The summed E-state index contributed by atoms with van der Waals surface area (Å²) < 4.78 is 5.63. The lowest BCUT2D eigenvalue weighted by atomic mass is 9.89. The first-order valence-electron chi connectivity index (χ1n) is 11.3. The van der Waals surface area contributed by atoms with Crippen LogP contribution in [0.3, 0.4) is 0 Å². The first kappa shape index (κ1) is 23.6. The fourth-order valence-electron chi connectivity index (χ4n) is 4.09. The summed E-state index contributed by atoms with van der Waals surface area (Å²) in [7, 11) is 0. The van der Waals surface area contributed by atoms with Gasteiger partial charge in [0.05, 0.1) is 5.92 Å². The maximum absolute atomic E-state index is 13.0. The van der Waals surface area contributed by atoms with Crippen molar-refractivity contribution >= 4 is 29.4 Å². The van der Waals surface area contributed by atoms with Crippen molar-refractivity contribution in [1.29, 1.82) is 0 Å². The van der Waals surface area contributed by atoms with E-state index in [0.717, 1.165) is 16.9 Å². The Labute approximate surface area is 204 Å². The Morgan fingerprint density at radius 3 is 2.64 bits per heavy atom. The van der Waals surface area contributed by atoms with Gasteiger partial charge in [0, 0.05) is 41.4 Å². The van der Waals surface area contributed by atoms with Gasteiger partial charge in [0.1, 0.15) is 0 Å². The first-order chi connectivity index (χ1) is 15.9. The van der Waals surface area contributed by atoms with Crippen molar-refractivity contribution in [3.8, 4) is 0 Å². The fraction of sp³-hybridized carbons (Fsp3) is 0.400. The Balaban J connectivity index is 1.48. The molecule has 1 aromatic heterocycles. The SMILES string of the molecule is CCSc1ccc(CNC(=O)N2CC(c3cccc(Cl)c3)C(c3nc(C(C)C)no3)C2)cc1. The van der Waals surface area contributed by atoms with Gasteiger partial charge in [-0.15, -0.1) is 11.8 Å². The van der Waals surface area contributed by atoms with E-state index in [4.69, 9.17) is 16.1 Å². The van der Waals surface area contributed by atoms with Crippen LogP contribution in [0.2, 0.25) is 5.02 Å². The standard InChI is InChI=1S/C25H29ClN4O2S/c1-4-33-20-10-8-17(9-11-20)13-27-25(31)30-14-21(18-6-5-7-19(26)12-18)22(15-30)24-28-23(16(2)3)29-32-24/h5-12,16,21-22H,4,13-15H2,1-3H3,(H,27,31). The van der Waals surface area contributed by atoms with Crippen LogP contribution >= 0.6 is 23.4 Å². The van der Waals surface area contributed by atoms with Crippen LogP contribution in [-0.2, 0) is 6.54 Å². The third kappa shape index (κ3) is 5.71. The van der Waals surface area contributed by atoms with Crippen molar-refractivity contribution in [2.45, 2.75) is 50.0 Å². The molecule has 2 aromatic carbocycles. The van der Waals surface area contributed by atoms with Gasteiger partial charge in [0.15, 0.2) is 5.82 Å². The molecular weight excluding hydrogens is 456 g/mol. The lowest BCUT2D eigenvalue weighted by Crippen LogP contribution is -2.38. The normalized spacial score (nSPS) is 18.2. The molecule has 0 spiro atoms. The van der Waals surface area contributed by atoms with E-state index in [1.165, 1.54) is 4.90 Å². The largest absolute Gasteiger partial charge is 0.339 e. The zero-order valence-electron chi connectivity index (χ0n) is 19.1. The number of benzene rings is 2. The second kappa shape index (κ2) is 10.6. The highest BCUT2D eigenvalue weighted by Gasteiger charge is 2.40. The van der Waals surface area contributed by atoms with Crippen LogP contribution in [0, 0.1) is 0 Å². The van der Waals surface area contributed by atoms with Gasteiger partial charge in [-0.3, -0.25) is 0 Å². The Morgan fingerprint density at radius 1 is 1.21 bits per heavy atom. The number of rotatable bonds is 7. The number of hydrogen-bond donors (Lipinski definition) is 1. The average Bonchev–Trinajstić information content (AvgIpc) is 3.46. The molecular formula is C25H29ClN4O2S. The summed E-state index contributed by atoms with van der Waals surface area (Å²) in [6.45, 7) is 7.75. The number of likely N-dealkylation sites (tertiary alicyclic amines) is 1. The lowest BCUT2D eigenvalue weighted by molar-refractivity contribution is 0.206. The highest BCUT2D eigenvalue weighted by atomic mass is 35.5. The zero-order chi connectivity index (χ0) is 23.4. The molecule has 2 atom stereocenters. The van der Waals surface area contributed by atoms with Gasteiger partial charge in [-0.25, -0.2) is 4.79 Å². The van der Waals surface area contributed by atoms with Crippen LogP contribution in [0.1, 0.15) is 61.4 Å². The summed E-state index contributed by atoms with van der Waals surface area (Å²) >= 11 is 8.07. The summed E-state index contributed by atoms with van der Waals surface area (Å²) in [5, 5.41) is 7.87. The molecule has 1 N–H and O–H groups in total. The van der Waals surface area contributed by atoms with Gasteiger partial charge >= 0.3 is 6.03 Å². The molecule has 1 saturated heterocycles. The lowest BCUT2D eigenvalue weighted by Gasteiger charge is -2.17. The van der Waals surface area contributed by atoms with Crippen LogP contribution in [-0.4, -0.2) is 39.9 Å². The van der Waals surface area contributed by atoms with Crippen molar-refractivity contribution in [2.24, 2.45) is 0 Å². The van der Waals surface area contributed by atoms with E-state index in [1.807, 2.05) is 43.0 Å². The highest BCUT2D eigenvalue weighted by molar-refractivity contribution is 7.99. The number of thioether (sulfide) groups is 1. The predicted molar refractivity (Wildman–Crippen MR) is 132 cm³/mol. The number of hydrogen-bond acceptors (Lipinski definition) is 5. The number of nitrogens with one attached hydrogen (secondary N) is 1. The molecule has 33 heavy (non-hydrogen) atoms. The molecule has 0 saturated carbocycles. The molecule has 8 heteroatoms. The molecule has 2 heterocycles. The number of aromatic nitrogens is 2. The third-order valence-electron chi connectivity index (χ3n) is 5.85. The number of carbonyl (C=O) groups is 1. The van der Waals surface area contributed by atoms with E-state index in [-0.39, 0.29) is 23.8 Å². The maximum Gasteiger partial charge on any atom is 0.317 e. The van der Waals surface area contributed by atoms with Crippen molar-refractivity contribution in [1.82, 2.24) is 20.4 Å². The van der Waals surface area contributed by atoms with Gasteiger partial charge in [-0.05, 0) is 41.1 Å². The molecule has 2 amide bonds. The van der Waals surface area contributed by atoms with Crippen molar-refractivity contribution in [3.63, 3.8) is 0 Å². The van der Waals surface area contributed by atoms with E-state index in [2.05, 4.69) is 46.6 Å². The summed E-state index contributed by atoms with van der Waals surface area (Å²) in [4.78, 5) is 20.7. The number of carbonyl (C=O) groups excluding carboxylic acids is 1. The first-order valence-corrected chi connectivity index (χ1v) is 12.6. The van der Waals surface area contributed by atoms with Crippen molar-refractivity contribution < 1.29 is 9.32 Å². The number of nitrogens with zero attached hydrogens (tertiary/aromatic N) is 3. The molecule has 3 aromatic rings. The Hall–Kier alpha value is -2.51. The minimum absolute atomic E-state index is 0.0280. The third-order valence-corrected chi connectivity index (χ3v) is 6.98. The molecule has 4 rings (SSSR count). The second-order valence-corrected chi connectivity index (χ2v) is 10.3. The van der Waals surface area contributed by atoms with Crippen LogP contribution in [0.5, 0.6) is 0 Å². The van der Waals surface area contributed by atoms with E-state index >= 15 is 0 Å². The van der Waals surface area contributed by atoms with E-state index < -0.39 is 0 Å². The molecule has 0 aliphatic carbocycles. The maximum atomic E-state index is 13.0. The van der Waals surface area contributed by atoms with Crippen molar-refractivity contribution in [3.05, 3.63) is 76.4 Å². The molecule has 2 unspecified atom stereocenters. The van der Waals surface area contributed by atoms with E-state index in [0.29, 0.717) is 36.4 Å². The van der Waals surface area contributed by atoms with Crippen LogP contribution < -0.4 is 5.32 Å². The van der Waals surface area contributed by atoms with Crippen LogP contribution in [0.15, 0.2) is 57.9 Å². The van der Waals surface area contributed by atoms with Crippen molar-refractivity contribution in [2.75, 3.05) is 18.8 Å². The molecule has 1 aliphatic rings. The summed E-state index contributed by atoms with van der Waals surface area (Å²) in [5.74, 6) is 2.42. The number of amides is 2. The summed E-state index contributed by atoms with van der Waals surface area (Å²) in [6.07, 6.45) is 0. The molecule has 0 bridgehead atoms. The topological polar surface area (TPSA) is 71.3 Å². The Bertz CT molecular complexity index is 1090. The quantitative estimate of drug-likeness (QED) is 0.413. The number of urea groups is 1. The predicted octanol–water partition coefficient (Wildman–Crippen LogP) is 6.05. The molecule has 1 aliphatic heterocycles. The second-order valence-electron chi connectivity index (χ2n) is 8.55. The van der Waals surface area contributed by atoms with Gasteiger partial charge < -0.3 is 14.7 Å². The Kier molecular flexibility index (Phi) is 7.60.